The summed E-state index contributed by atoms with van der Waals surface area (Å²) >= 11 is 0. The van der Waals surface area contributed by atoms with Crippen molar-refractivity contribution in [3.63, 3.8) is 0 Å². The van der Waals surface area contributed by atoms with Crippen molar-refractivity contribution >= 4 is 22.8 Å². The lowest BCUT2D eigenvalue weighted by Gasteiger charge is -2.12. The van der Waals surface area contributed by atoms with E-state index in [1.165, 1.54) is 0 Å². The van der Waals surface area contributed by atoms with E-state index < -0.39 is 11.8 Å². The summed E-state index contributed by atoms with van der Waals surface area (Å²) < 4.78 is 16.7. The molecule has 1 aromatic heterocycles. The molecule has 2 amide bonds. The Hall–Kier alpha value is -3.48. The Morgan fingerprint density at radius 1 is 1.00 bits per heavy atom. The van der Waals surface area contributed by atoms with Crippen LogP contribution in [0.4, 0.5) is 0 Å². The van der Waals surface area contributed by atoms with Gasteiger partial charge >= 0.3 is 5.91 Å². The number of hydrogen-bond acceptors (Lipinski definition) is 5. The van der Waals surface area contributed by atoms with Crippen molar-refractivity contribution < 1.29 is 23.5 Å². The number of furan rings is 1. The Morgan fingerprint density at radius 3 is 2.41 bits per heavy atom. The summed E-state index contributed by atoms with van der Waals surface area (Å²) in [4.78, 5) is 24.5. The van der Waals surface area contributed by atoms with Crippen molar-refractivity contribution in [1.29, 1.82) is 0 Å². The van der Waals surface area contributed by atoms with Gasteiger partial charge in [-0.2, -0.15) is 0 Å². The summed E-state index contributed by atoms with van der Waals surface area (Å²) in [6, 6.07) is 11.1. The minimum atomic E-state index is -0.544. The van der Waals surface area contributed by atoms with Gasteiger partial charge in [-0.3, -0.25) is 20.4 Å². The number of carbonyl (C=O) groups is 2. The zero-order chi connectivity index (χ0) is 21.0. The molecule has 0 fully saturated rings. The van der Waals surface area contributed by atoms with Crippen LogP contribution in [0.2, 0.25) is 0 Å². The first-order chi connectivity index (χ1) is 13.9. The second kappa shape index (κ2) is 8.68. The Bertz CT molecular complexity index is 1030. The predicted octanol–water partition coefficient (Wildman–Crippen LogP) is 3.60. The quantitative estimate of drug-likeness (QED) is 0.622. The van der Waals surface area contributed by atoms with Crippen LogP contribution in [-0.2, 0) is 4.79 Å². The van der Waals surface area contributed by atoms with E-state index in [9.17, 15) is 9.59 Å². The van der Waals surface area contributed by atoms with Gasteiger partial charge in [0.2, 0.25) is 0 Å². The van der Waals surface area contributed by atoms with Crippen LogP contribution in [0.25, 0.3) is 11.0 Å². The summed E-state index contributed by atoms with van der Waals surface area (Å²) in [6.45, 7) is 7.82. The zero-order valence-corrected chi connectivity index (χ0v) is 16.9. The highest BCUT2D eigenvalue weighted by Gasteiger charge is 2.19. The second-order valence-corrected chi connectivity index (χ2v) is 6.66. The zero-order valence-electron chi connectivity index (χ0n) is 16.9. The van der Waals surface area contributed by atoms with Crippen LogP contribution in [0.3, 0.4) is 0 Å². The van der Waals surface area contributed by atoms with Crippen LogP contribution < -0.4 is 20.3 Å². The van der Waals surface area contributed by atoms with Crippen LogP contribution in [0.15, 0.2) is 40.8 Å². The first-order valence-electron chi connectivity index (χ1n) is 9.34. The topological polar surface area (TPSA) is 89.8 Å². The average Bonchev–Trinajstić information content (AvgIpc) is 3.02. The molecule has 2 aromatic carbocycles. The fourth-order valence-corrected chi connectivity index (χ4v) is 3.06. The van der Waals surface area contributed by atoms with E-state index in [-0.39, 0.29) is 12.4 Å². The first-order valence-corrected chi connectivity index (χ1v) is 9.34. The molecule has 0 spiro atoms. The van der Waals surface area contributed by atoms with E-state index in [0.29, 0.717) is 29.3 Å². The molecule has 3 aromatic rings. The van der Waals surface area contributed by atoms with Gasteiger partial charge in [-0.15, -0.1) is 0 Å². The van der Waals surface area contributed by atoms with E-state index in [4.69, 9.17) is 13.9 Å². The van der Waals surface area contributed by atoms with E-state index in [0.717, 1.165) is 16.5 Å². The molecule has 2 N–H and O–H groups in total. The predicted molar refractivity (Wildman–Crippen MR) is 109 cm³/mol. The third-order valence-electron chi connectivity index (χ3n) is 4.50. The third kappa shape index (κ3) is 4.51. The third-order valence-corrected chi connectivity index (χ3v) is 4.50. The molecule has 0 atom stereocenters. The molecule has 3 rings (SSSR count). The number of nitrogens with one attached hydrogen (secondary N) is 2. The fourth-order valence-electron chi connectivity index (χ4n) is 3.06. The van der Waals surface area contributed by atoms with E-state index in [1.54, 1.807) is 19.1 Å². The summed E-state index contributed by atoms with van der Waals surface area (Å²) in [5, 5.41) is 0.783. The van der Waals surface area contributed by atoms with E-state index in [2.05, 4.69) is 10.9 Å². The molecular weight excluding hydrogens is 372 g/mol. The van der Waals surface area contributed by atoms with Crippen LogP contribution in [0, 0.1) is 20.8 Å². The number of hydrazine groups is 1. The van der Waals surface area contributed by atoms with Gasteiger partial charge in [-0.05, 0) is 57.0 Å². The van der Waals surface area contributed by atoms with Crippen LogP contribution in [0.1, 0.15) is 34.2 Å². The van der Waals surface area contributed by atoms with Gasteiger partial charge in [0.25, 0.3) is 5.91 Å². The highest BCUT2D eigenvalue weighted by atomic mass is 16.5. The largest absolute Gasteiger partial charge is 0.494 e. The molecule has 7 nitrogen and oxygen atoms in total. The lowest BCUT2D eigenvalue weighted by Crippen LogP contribution is -2.44. The maximum atomic E-state index is 12.4. The van der Waals surface area contributed by atoms with Crippen molar-refractivity contribution in [2.24, 2.45) is 0 Å². The molecule has 0 aliphatic rings. The van der Waals surface area contributed by atoms with Crippen molar-refractivity contribution in [2.75, 3.05) is 13.2 Å². The first kappa shape index (κ1) is 20.3. The molecular formula is C22H24N2O5. The number of fused-ring (bicyclic) bond motifs is 1. The molecule has 0 radical (unpaired) electrons. The Balaban J connectivity index is 1.61. The second-order valence-electron chi connectivity index (χ2n) is 6.66. The van der Waals surface area contributed by atoms with E-state index in [1.807, 2.05) is 45.0 Å². The number of hydrogen-bond donors (Lipinski definition) is 2. The Labute approximate surface area is 169 Å². The van der Waals surface area contributed by atoms with Crippen molar-refractivity contribution in [3.8, 4) is 11.5 Å². The van der Waals surface area contributed by atoms with Crippen LogP contribution in [-0.4, -0.2) is 25.0 Å². The van der Waals surface area contributed by atoms with Crippen LogP contribution in [0.5, 0.6) is 11.5 Å². The van der Waals surface area contributed by atoms with Gasteiger partial charge in [0.15, 0.2) is 12.4 Å². The lowest BCUT2D eigenvalue weighted by atomic mass is 10.1. The average molecular weight is 396 g/mol. The minimum Gasteiger partial charge on any atom is -0.494 e. The maximum Gasteiger partial charge on any atom is 0.305 e. The maximum absolute atomic E-state index is 12.4. The summed E-state index contributed by atoms with van der Waals surface area (Å²) in [6.07, 6.45) is 0. The number of carbonyl (C=O) groups excluding carboxylic acids is 2. The molecule has 7 heteroatoms. The van der Waals surface area contributed by atoms with Gasteiger partial charge in [-0.25, -0.2) is 0 Å². The minimum absolute atomic E-state index is 0.129. The Morgan fingerprint density at radius 2 is 1.72 bits per heavy atom. The number of benzene rings is 2. The van der Waals surface area contributed by atoms with Crippen molar-refractivity contribution in [2.45, 2.75) is 27.7 Å². The Kier molecular flexibility index (Phi) is 6.07. The van der Waals surface area contributed by atoms with Crippen molar-refractivity contribution in [1.82, 2.24) is 10.9 Å². The van der Waals surface area contributed by atoms with Gasteiger partial charge in [0.05, 0.1) is 6.61 Å². The highest BCUT2D eigenvalue weighted by Crippen LogP contribution is 2.28. The molecule has 152 valence electrons. The van der Waals surface area contributed by atoms with Gasteiger partial charge < -0.3 is 13.9 Å². The van der Waals surface area contributed by atoms with Crippen LogP contribution >= 0.6 is 0 Å². The smallest absolute Gasteiger partial charge is 0.305 e. The molecule has 0 saturated carbocycles. The number of amides is 2. The normalized spacial score (nSPS) is 10.6. The SMILES string of the molecule is CCOc1ccc2oc(C(=O)NNC(=O)COc3c(C)cccc3C)c(C)c2c1. The number of rotatable bonds is 6. The summed E-state index contributed by atoms with van der Waals surface area (Å²) in [5.74, 6) is 0.468. The summed E-state index contributed by atoms with van der Waals surface area (Å²) in [5.41, 5.74) is 7.82. The summed E-state index contributed by atoms with van der Waals surface area (Å²) in [7, 11) is 0. The molecule has 0 bridgehead atoms. The molecule has 29 heavy (non-hydrogen) atoms. The molecule has 0 aliphatic carbocycles. The van der Waals surface area contributed by atoms with E-state index >= 15 is 0 Å². The van der Waals surface area contributed by atoms with Crippen molar-refractivity contribution in [3.05, 3.63) is 58.8 Å². The standard InChI is InChI=1S/C22H24N2O5/c1-5-27-16-9-10-18-17(11-16)15(4)21(29-18)22(26)24-23-19(25)12-28-20-13(2)7-6-8-14(20)3/h6-11H,5,12H2,1-4H3,(H,23,25)(H,24,26). The molecule has 0 aliphatic heterocycles. The van der Waals surface area contributed by atoms with Gasteiger partial charge in [-0.1, -0.05) is 18.2 Å². The monoisotopic (exact) mass is 396 g/mol. The lowest BCUT2D eigenvalue weighted by molar-refractivity contribution is -0.123. The molecule has 0 saturated heterocycles. The number of aryl methyl sites for hydroxylation is 3. The van der Waals surface area contributed by atoms with Gasteiger partial charge in [0, 0.05) is 10.9 Å². The molecule has 0 unspecified atom stereocenters. The number of para-hydroxylation sites is 1. The molecule has 1 heterocycles. The fraction of sp³-hybridized carbons (Fsp3) is 0.273. The van der Waals surface area contributed by atoms with Gasteiger partial charge in [0.1, 0.15) is 17.1 Å². The highest BCUT2D eigenvalue weighted by molar-refractivity contribution is 5.99. The number of ether oxygens (including phenoxy) is 2.